The van der Waals surface area contributed by atoms with Gasteiger partial charge in [-0.25, -0.2) is 14.8 Å². The molecule has 1 aromatic carbocycles. The van der Waals surface area contributed by atoms with Crippen molar-refractivity contribution in [2.24, 2.45) is 15.9 Å². The fourth-order valence-corrected chi connectivity index (χ4v) is 7.89. The number of pyridine rings is 2. The SMILES string of the molecule is CO/N=C(\C(=O)N[C@@H]1C(=O)N2C(C(=O)O)=C(C[n+]3cccc4c3ccn4Cc3ccc(C(N)=Nc4ccncc4)cc3)CS[C@H]12)c1csc(N)n1. The Morgan fingerprint density at radius 1 is 1.16 bits per heavy atom. The average Bonchev–Trinajstić information content (AvgIpc) is 3.76. The predicted molar refractivity (Wildman–Crippen MR) is 192 cm³/mol. The number of oxime groups is 1. The lowest BCUT2D eigenvalue weighted by Gasteiger charge is -2.49. The molecular weight excluding hydrogens is 693 g/mol. The summed E-state index contributed by atoms with van der Waals surface area (Å²) in [6, 6.07) is 16.4. The van der Waals surface area contributed by atoms with E-state index in [9.17, 15) is 19.5 Å². The van der Waals surface area contributed by atoms with Gasteiger partial charge in [-0.2, -0.15) is 4.57 Å². The molecule has 0 aliphatic carbocycles. The fourth-order valence-electron chi connectivity index (χ4n) is 6.00. The highest BCUT2D eigenvalue weighted by Crippen LogP contribution is 2.40. The molecule has 258 valence electrons. The first-order valence-corrected chi connectivity index (χ1v) is 17.5. The third-order valence-corrected chi connectivity index (χ3v) is 10.4. The Morgan fingerprint density at radius 3 is 2.65 bits per heavy atom. The molecule has 0 saturated carbocycles. The number of rotatable bonds is 11. The molecule has 2 aliphatic heterocycles. The molecule has 0 bridgehead atoms. The summed E-state index contributed by atoms with van der Waals surface area (Å²) in [5, 5.41) is 17.9. The van der Waals surface area contributed by atoms with Gasteiger partial charge in [-0.1, -0.05) is 29.4 Å². The maximum absolute atomic E-state index is 13.4. The molecule has 0 spiro atoms. The zero-order valence-electron chi connectivity index (χ0n) is 27.0. The number of thiazole rings is 1. The molecule has 1 fully saturated rings. The minimum absolute atomic E-state index is 0.0805. The lowest BCUT2D eigenvalue weighted by molar-refractivity contribution is -0.663. The average molecular weight is 724 g/mol. The summed E-state index contributed by atoms with van der Waals surface area (Å²) in [5.74, 6) is -1.68. The highest BCUT2D eigenvalue weighted by atomic mass is 32.2. The minimum Gasteiger partial charge on any atom is -0.477 e. The molecule has 6 N–H and O–H groups in total. The number of aliphatic imine (C=N–C) groups is 1. The molecule has 5 aromatic rings. The lowest BCUT2D eigenvalue weighted by atomic mass is 10.0. The van der Waals surface area contributed by atoms with Crippen LogP contribution in [-0.2, 0) is 32.3 Å². The van der Waals surface area contributed by atoms with Gasteiger partial charge in [0, 0.05) is 59.5 Å². The quantitative estimate of drug-likeness (QED) is 0.0514. The normalized spacial score (nSPS) is 17.7. The number of amides is 2. The summed E-state index contributed by atoms with van der Waals surface area (Å²) in [6.07, 6.45) is 7.20. The number of fused-ring (bicyclic) bond motifs is 2. The Bertz CT molecular complexity index is 2250. The van der Waals surface area contributed by atoms with Crippen LogP contribution in [0.2, 0.25) is 0 Å². The first kappa shape index (κ1) is 33.4. The Labute approximate surface area is 299 Å². The molecule has 15 nitrogen and oxygen atoms in total. The molecular formula is C34H31N10O5S2+. The third-order valence-electron chi connectivity index (χ3n) is 8.39. The number of hydrogen-bond donors (Lipinski definition) is 4. The van der Waals surface area contributed by atoms with Crippen LogP contribution in [0, 0.1) is 0 Å². The maximum atomic E-state index is 13.4. The Morgan fingerprint density at radius 2 is 1.94 bits per heavy atom. The van der Waals surface area contributed by atoms with Crippen molar-refractivity contribution in [2.45, 2.75) is 24.5 Å². The van der Waals surface area contributed by atoms with Crippen LogP contribution in [0.25, 0.3) is 11.0 Å². The van der Waals surface area contributed by atoms with E-state index >= 15 is 0 Å². The predicted octanol–water partition coefficient (Wildman–Crippen LogP) is 2.24. The van der Waals surface area contributed by atoms with Crippen molar-refractivity contribution in [3.8, 4) is 0 Å². The van der Waals surface area contributed by atoms with E-state index in [1.807, 2.05) is 59.4 Å². The van der Waals surface area contributed by atoms with Crippen LogP contribution in [0.4, 0.5) is 10.8 Å². The molecule has 0 radical (unpaired) electrons. The molecule has 2 amide bonds. The van der Waals surface area contributed by atoms with E-state index in [1.54, 1.807) is 29.9 Å². The van der Waals surface area contributed by atoms with E-state index in [0.29, 0.717) is 23.7 Å². The number of nitrogens with zero attached hydrogens (tertiary/aromatic N) is 7. The number of carbonyl (C=O) groups is 3. The summed E-state index contributed by atoms with van der Waals surface area (Å²) in [7, 11) is 1.29. The number of aliphatic carboxylic acids is 1. The molecule has 2 aliphatic rings. The van der Waals surface area contributed by atoms with Crippen LogP contribution in [0.3, 0.4) is 0 Å². The van der Waals surface area contributed by atoms with Crippen LogP contribution < -0.4 is 21.4 Å². The van der Waals surface area contributed by atoms with Crippen molar-refractivity contribution >= 4 is 74.3 Å². The zero-order valence-corrected chi connectivity index (χ0v) is 28.7. The van der Waals surface area contributed by atoms with Gasteiger partial charge < -0.3 is 31.3 Å². The number of thioether (sulfide) groups is 1. The molecule has 4 aromatic heterocycles. The number of nitrogen functional groups attached to an aromatic ring is 1. The van der Waals surface area contributed by atoms with Crippen LogP contribution in [0.1, 0.15) is 16.8 Å². The molecule has 6 heterocycles. The van der Waals surface area contributed by atoms with Crippen LogP contribution >= 0.6 is 23.1 Å². The van der Waals surface area contributed by atoms with Gasteiger partial charge in [0.15, 0.2) is 23.6 Å². The third kappa shape index (κ3) is 6.63. The second-order valence-corrected chi connectivity index (χ2v) is 13.6. The van der Waals surface area contributed by atoms with E-state index in [4.69, 9.17) is 16.3 Å². The van der Waals surface area contributed by atoms with Gasteiger partial charge in [-0.05, 0) is 23.8 Å². The molecule has 2 atom stereocenters. The second-order valence-electron chi connectivity index (χ2n) is 11.6. The van der Waals surface area contributed by atoms with Crippen LogP contribution in [0.5, 0.6) is 0 Å². The number of β-lactam (4-membered cyclic amide) rings is 1. The largest absolute Gasteiger partial charge is 0.477 e. The van der Waals surface area contributed by atoms with Gasteiger partial charge in [-0.3, -0.25) is 19.5 Å². The standard InChI is InChI=1S/C34H30N10O5S2/c1-49-41-26(23-18-51-34(36)39-23)30(45)40-27-31(46)44-28(33(47)48)21(17-50-32(27)44)16-42-13-2-3-24-25(42)10-14-43(24)15-19-4-6-20(7-5-19)29(35)38-22-8-11-37-12-9-22/h2-14,18,27,32H,15-17H2,1H3,(H5-,35,36,37,38,39,40,45,47,48)/p+1/b41-26-/t27-,32-/m1/s1. The first-order chi connectivity index (χ1) is 24.7. The number of nitrogens with two attached hydrogens (primary N) is 2. The molecule has 51 heavy (non-hydrogen) atoms. The number of carbonyl (C=O) groups excluding carboxylic acids is 2. The first-order valence-electron chi connectivity index (χ1n) is 15.6. The maximum Gasteiger partial charge on any atom is 0.352 e. The van der Waals surface area contributed by atoms with Crippen molar-refractivity contribution in [1.82, 2.24) is 24.8 Å². The fraction of sp³-hybridized carbons (Fsp3) is 0.176. The minimum atomic E-state index is -1.21. The molecule has 17 heteroatoms. The van der Waals surface area contributed by atoms with Gasteiger partial charge >= 0.3 is 5.97 Å². The Balaban J connectivity index is 1.07. The van der Waals surface area contributed by atoms with Crippen molar-refractivity contribution in [2.75, 3.05) is 18.6 Å². The second kappa shape index (κ2) is 14.0. The summed E-state index contributed by atoms with van der Waals surface area (Å²) in [5.41, 5.74) is 17.0. The van der Waals surface area contributed by atoms with Crippen LogP contribution in [-0.4, -0.2) is 78.2 Å². The monoisotopic (exact) mass is 723 g/mol. The van der Waals surface area contributed by atoms with E-state index in [2.05, 4.69) is 30.0 Å². The summed E-state index contributed by atoms with van der Waals surface area (Å²) in [4.78, 5) is 57.7. The van der Waals surface area contributed by atoms with E-state index in [0.717, 1.165) is 39.2 Å². The number of nitrogens with one attached hydrogen (secondary N) is 1. The number of carboxylic acids is 1. The number of benzene rings is 1. The topological polar surface area (TPSA) is 207 Å². The van der Waals surface area contributed by atoms with Gasteiger partial charge in [0.2, 0.25) is 5.52 Å². The molecule has 0 unspecified atom stereocenters. The summed E-state index contributed by atoms with van der Waals surface area (Å²) in [6.45, 7) is 0.849. The Kier molecular flexibility index (Phi) is 9.20. The van der Waals surface area contributed by atoms with E-state index in [1.165, 1.54) is 23.8 Å². The summed E-state index contributed by atoms with van der Waals surface area (Å²) >= 11 is 2.51. The highest BCUT2D eigenvalue weighted by Gasteiger charge is 2.55. The number of anilines is 1. The molecule has 1 saturated heterocycles. The molecule has 7 rings (SSSR count). The zero-order chi connectivity index (χ0) is 35.6. The van der Waals surface area contributed by atoms with Crippen molar-refractivity contribution in [3.05, 3.63) is 113 Å². The number of amidine groups is 1. The van der Waals surface area contributed by atoms with E-state index < -0.39 is 29.2 Å². The lowest BCUT2D eigenvalue weighted by Crippen LogP contribution is -2.71. The smallest absolute Gasteiger partial charge is 0.352 e. The number of aromatic nitrogens is 4. The van der Waals surface area contributed by atoms with Gasteiger partial charge in [0.05, 0.1) is 5.69 Å². The van der Waals surface area contributed by atoms with Crippen molar-refractivity contribution in [3.63, 3.8) is 0 Å². The highest BCUT2D eigenvalue weighted by molar-refractivity contribution is 8.00. The summed E-state index contributed by atoms with van der Waals surface area (Å²) < 4.78 is 4.08. The van der Waals surface area contributed by atoms with Gasteiger partial charge in [0.25, 0.3) is 11.8 Å². The number of carboxylic acid groups (broad SMARTS) is 1. The van der Waals surface area contributed by atoms with Crippen molar-refractivity contribution < 1.29 is 28.9 Å². The van der Waals surface area contributed by atoms with Crippen molar-refractivity contribution in [1.29, 1.82) is 0 Å². The number of hydrogen-bond acceptors (Lipinski definition) is 11. The van der Waals surface area contributed by atoms with Gasteiger partial charge in [-0.15, -0.1) is 23.1 Å². The Hall–Kier alpha value is -6.07. The van der Waals surface area contributed by atoms with E-state index in [-0.39, 0.29) is 28.8 Å². The van der Waals surface area contributed by atoms with Gasteiger partial charge in [0.1, 0.15) is 41.3 Å². The van der Waals surface area contributed by atoms with Crippen LogP contribution in [0.15, 0.2) is 106 Å².